The molecule has 63 heavy (non-hydrogen) atoms. The highest BCUT2D eigenvalue weighted by molar-refractivity contribution is 7.45. The largest absolute Gasteiger partial charge is 0.756 e. The van der Waals surface area contributed by atoms with Crippen LogP contribution in [0.2, 0.25) is 0 Å². The molecule has 0 aliphatic heterocycles. The lowest BCUT2D eigenvalue weighted by molar-refractivity contribution is -0.870. The number of hydrogen-bond acceptors (Lipinski definition) is 6. The molecular formula is C54H101N2O6P. The van der Waals surface area contributed by atoms with Gasteiger partial charge in [0.2, 0.25) is 5.91 Å². The fraction of sp³-hybridized carbons (Fsp3) is 0.796. The van der Waals surface area contributed by atoms with E-state index in [4.69, 9.17) is 9.05 Å². The lowest BCUT2D eigenvalue weighted by Crippen LogP contribution is -2.45. The van der Waals surface area contributed by atoms with Crippen LogP contribution in [-0.4, -0.2) is 68.5 Å². The van der Waals surface area contributed by atoms with Crippen LogP contribution in [0.25, 0.3) is 0 Å². The van der Waals surface area contributed by atoms with Crippen molar-refractivity contribution in [2.45, 2.75) is 238 Å². The second-order valence-corrected chi connectivity index (χ2v) is 20.3. The van der Waals surface area contributed by atoms with Gasteiger partial charge in [0, 0.05) is 6.42 Å². The molecule has 0 fully saturated rings. The Labute approximate surface area is 390 Å². The molecule has 368 valence electrons. The number of nitrogens with one attached hydrogen (secondary N) is 1. The predicted molar refractivity (Wildman–Crippen MR) is 270 cm³/mol. The Balaban J connectivity index is 4.38. The zero-order chi connectivity index (χ0) is 46.4. The van der Waals surface area contributed by atoms with Crippen LogP contribution in [0.5, 0.6) is 0 Å². The molecule has 0 bridgehead atoms. The van der Waals surface area contributed by atoms with E-state index in [-0.39, 0.29) is 12.5 Å². The molecule has 0 aromatic heterocycles. The van der Waals surface area contributed by atoms with Gasteiger partial charge in [0.05, 0.1) is 39.9 Å². The first-order valence-electron chi connectivity index (χ1n) is 26.2. The third kappa shape index (κ3) is 48.0. The van der Waals surface area contributed by atoms with Gasteiger partial charge in [-0.05, 0) is 77.0 Å². The Morgan fingerprint density at radius 1 is 0.556 bits per heavy atom. The molecule has 0 saturated carbocycles. The number of hydrogen-bond donors (Lipinski definition) is 2. The number of amides is 1. The summed E-state index contributed by atoms with van der Waals surface area (Å²) in [5.41, 5.74) is 0. The Kier molecular flexibility index (Phi) is 44.1. The van der Waals surface area contributed by atoms with Crippen LogP contribution in [0.4, 0.5) is 0 Å². The van der Waals surface area contributed by atoms with E-state index in [2.05, 4.69) is 67.8 Å². The van der Waals surface area contributed by atoms with Crippen molar-refractivity contribution in [2.75, 3.05) is 40.9 Å². The second-order valence-electron chi connectivity index (χ2n) is 18.9. The molecule has 0 radical (unpaired) electrons. The van der Waals surface area contributed by atoms with Crippen molar-refractivity contribution < 1.29 is 32.9 Å². The van der Waals surface area contributed by atoms with Crippen LogP contribution in [-0.2, 0) is 18.4 Å². The summed E-state index contributed by atoms with van der Waals surface area (Å²) in [5, 5.41) is 13.8. The van der Waals surface area contributed by atoms with E-state index in [1.54, 1.807) is 6.08 Å². The van der Waals surface area contributed by atoms with Crippen LogP contribution >= 0.6 is 7.82 Å². The van der Waals surface area contributed by atoms with Crippen molar-refractivity contribution in [3.63, 3.8) is 0 Å². The summed E-state index contributed by atoms with van der Waals surface area (Å²) in [6.45, 7) is 4.61. The van der Waals surface area contributed by atoms with Gasteiger partial charge in [-0.25, -0.2) is 0 Å². The molecule has 0 rings (SSSR count). The number of rotatable bonds is 47. The maximum Gasteiger partial charge on any atom is 0.268 e. The van der Waals surface area contributed by atoms with Gasteiger partial charge in [-0.15, -0.1) is 0 Å². The fourth-order valence-electron chi connectivity index (χ4n) is 7.27. The topological polar surface area (TPSA) is 108 Å². The van der Waals surface area contributed by atoms with E-state index in [1.807, 2.05) is 27.2 Å². The van der Waals surface area contributed by atoms with Gasteiger partial charge in [-0.1, -0.05) is 203 Å². The molecule has 1 amide bonds. The second kappa shape index (κ2) is 45.4. The third-order valence-corrected chi connectivity index (χ3v) is 12.4. The van der Waals surface area contributed by atoms with Crippen LogP contribution < -0.4 is 10.2 Å². The average Bonchev–Trinajstić information content (AvgIpc) is 3.24. The molecule has 0 aliphatic carbocycles. The first-order chi connectivity index (χ1) is 30.5. The van der Waals surface area contributed by atoms with Gasteiger partial charge in [0.25, 0.3) is 7.82 Å². The summed E-state index contributed by atoms with van der Waals surface area (Å²) in [6, 6.07) is -0.916. The summed E-state index contributed by atoms with van der Waals surface area (Å²) in [4.78, 5) is 25.4. The highest BCUT2D eigenvalue weighted by atomic mass is 31.2. The number of nitrogens with zero attached hydrogens (tertiary/aromatic N) is 1. The van der Waals surface area contributed by atoms with Gasteiger partial charge >= 0.3 is 0 Å². The van der Waals surface area contributed by atoms with Crippen molar-refractivity contribution >= 4 is 13.7 Å². The minimum absolute atomic E-state index is 0.0126. The Morgan fingerprint density at radius 3 is 1.38 bits per heavy atom. The quantitative estimate of drug-likeness (QED) is 0.0273. The SMILES string of the molecule is CCCCCCCCCC/C=C/CC/C=C/CC/C=C/C(O)C(COP(=O)([O-])OCC[N+](C)(C)C)NC(=O)CCCCCCCCC/C=C\C/C=C\CCCCCCCCCCC. The molecule has 9 heteroatoms. The Morgan fingerprint density at radius 2 is 0.937 bits per heavy atom. The summed E-state index contributed by atoms with van der Waals surface area (Å²) in [6.07, 6.45) is 60.0. The van der Waals surface area contributed by atoms with Crippen molar-refractivity contribution in [3.8, 4) is 0 Å². The van der Waals surface area contributed by atoms with Crippen molar-refractivity contribution in [1.82, 2.24) is 5.32 Å². The lowest BCUT2D eigenvalue weighted by atomic mass is 10.1. The van der Waals surface area contributed by atoms with E-state index in [0.717, 1.165) is 64.2 Å². The molecule has 3 atom stereocenters. The molecule has 0 aliphatic rings. The maximum atomic E-state index is 12.9. The van der Waals surface area contributed by atoms with Crippen LogP contribution in [0.3, 0.4) is 0 Å². The number of quaternary nitrogens is 1. The zero-order valence-electron chi connectivity index (χ0n) is 41.8. The van der Waals surface area contributed by atoms with Crippen LogP contribution in [0.15, 0.2) is 60.8 Å². The van der Waals surface area contributed by atoms with Crippen molar-refractivity contribution in [2.24, 2.45) is 0 Å². The number of likely N-dealkylation sites (N-methyl/N-ethyl adjacent to an activating group) is 1. The smallest absolute Gasteiger partial charge is 0.268 e. The van der Waals surface area contributed by atoms with E-state index < -0.39 is 26.6 Å². The standard InChI is InChI=1S/C54H101N2O6P/c1-6-8-10-12-14-16-18-20-22-24-26-27-28-29-30-32-34-36-38-40-42-44-46-48-54(58)55-52(51-62-63(59,60)61-50-49-56(3,4)5)53(57)47-45-43-41-39-37-35-33-31-25-23-21-19-17-15-13-11-9-7-2/h25-27,29-31,37,39,45,47,52-53,57H,6-24,28,32-36,38,40-44,46,48-51H2,1-5H3,(H-,55,58,59,60)/b27-26-,30-29-,31-25+,39-37+,47-45+. The predicted octanol–water partition coefficient (Wildman–Crippen LogP) is 14.7. The van der Waals surface area contributed by atoms with E-state index in [1.165, 1.54) is 141 Å². The zero-order valence-corrected chi connectivity index (χ0v) is 42.7. The molecule has 0 spiro atoms. The third-order valence-electron chi connectivity index (χ3n) is 11.4. The number of aliphatic hydroxyl groups is 1. The average molecular weight is 905 g/mol. The summed E-state index contributed by atoms with van der Waals surface area (Å²) >= 11 is 0. The summed E-state index contributed by atoms with van der Waals surface area (Å²) in [7, 11) is 1.22. The minimum Gasteiger partial charge on any atom is -0.756 e. The van der Waals surface area contributed by atoms with Crippen molar-refractivity contribution in [3.05, 3.63) is 60.8 Å². The highest BCUT2D eigenvalue weighted by Gasteiger charge is 2.23. The van der Waals surface area contributed by atoms with Gasteiger partial charge in [-0.3, -0.25) is 9.36 Å². The molecule has 0 aromatic rings. The number of unbranched alkanes of at least 4 members (excludes halogenated alkanes) is 26. The van der Waals surface area contributed by atoms with E-state index in [0.29, 0.717) is 17.4 Å². The number of allylic oxidation sites excluding steroid dienone is 9. The van der Waals surface area contributed by atoms with E-state index in [9.17, 15) is 19.4 Å². The fourth-order valence-corrected chi connectivity index (χ4v) is 8.00. The Bertz CT molecular complexity index is 1210. The highest BCUT2D eigenvalue weighted by Crippen LogP contribution is 2.38. The molecule has 8 nitrogen and oxygen atoms in total. The van der Waals surface area contributed by atoms with Gasteiger partial charge < -0.3 is 28.8 Å². The Hall–Kier alpha value is -1.80. The first kappa shape index (κ1) is 61.2. The van der Waals surface area contributed by atoms with E-state index >= 15 is 0 Å². The minimum atomic E-state index is -4.61. The number of carbonyl (C=O) groups is 1. The van der Waals surface area contributed by atoms with Gasteiger partial charge in [0.1, 0.15) is 13.2 Å². The summed E-state index contributed by atoms with van der Waals surface area (Å²) < 4.78 is 23.3. The number of phosphoric acid groups is 1. The lowest BCUT2D eigenvalue weighted by Gasteiger charge is -2.29. The monoisotopic (exact) mass is 905 g/mol. The molecular weight excluding hydrogens is 804 g/mol. The number of phosphoric ester groups is 1. The number of carbonyl (C=O) groups excluding carboxylic acids is 1. The molecule has 2 N–H and O–H groups in total. The van der Waals surface area contributed by atoms with Crippen molar-refractivity contribution in [1.29, 1.82) is 0 Å². The normalized spacial score (nSPS) is 14.6. The van der Waals surface area contributed by atoms with Gasteiger partial charge in [0.15, 0.2) is 0 Å². The maximum absolute atomic E-state index is 12.9. The molecule has 0 saturated heterocycles. The number of aliphatic hydroxyl groups excluding tert-OH is 1. The molecule has 0 aromatic carbocycles. The molecule has 3 unspecified atom stereocenters. The first-order valence-corrected chi connectivity index (χ1v) is 27.6. The van der Waals surface area contributed by atoms with Crippen LogP contribution in [0.1, 0.15) is 226 Å². The van der Waals surface area contributed by atoms with Gasteiger partial charge in [-0.2, -0.15) is 0 Å². The summed E-state index contributed by atoms with van der Waals surface area (Å²) in [5.74, 6) is -0.220. The molecule has 0 heterocycles. The van der Waals surface area contributed by atoms with Crippen LogP contribution in [0, 0.1) is 0 Å².